The molecule has 3 aromatic heterocycles. The van der Waals surface area contributed by atoms with Crippen molar-refractivity contribution in [2.24, 2.45) is 12.8 Å². The summed E-state index contributed by atoms with van der Waals surface area (Å²) >= 11 is 0. The van der Waals surface area contributed by atoms with Gasteiger partial charge in [-0.05, 0) is 12.1 Å². The van der Waals surface area contributed by atoms with Gasteiger partial charge in [0.1, 0.15) is 0 Å². The standard InChI is InChI=1S/C18H16N6O.CH3NO/c1-19-18(25)14-11-20-23(2)16(14)13-8-9-24-15(10-13)21-17(22-24)12-6-4-3-5-7-12;2-1-3/h3-11H,1-2H3,(H,19,25);1H,(H2,2,3). The molecular formula is C19H19N7O2. The summed E-state index contributed by atoms with van der Waals surface area (Å²) in [6.45, 7) is 0. The van der Waals surface area contributed by atoms with Gasteiger partial charge in [-0.3, -0.25) is 14.3 Å². The smallest absolute Gasteiger partial charge is 0.254 e. The first-order valence-corrected chi connectivity index (χ1v) is 8.40. The number of primary amides is 1. The highest BCUT2D eigenvalue weighted by atomic mass is 16.1. The molecule has 0 aliphatic heterocycles. The van der Waals surface area contributed by atoms with Gasteiger partial charge in [-0.15, -0.1) is 5.10 Å². The largest absolute Gasteiger partial charge is 0.372 e. The zero-order valence-corrected chi connectivity index (χ0v) is 15.4. The van der Waals surface area contributed by atoms with Crippen LogP contribution < -0.4 is 11.1 Å². The zero-order chi connectivity index (χ0) is 20.1. The summed E-state index contributed by atoms with van der Waals surface area (Å²) in [5.74, 6) is 0.490. The second kappa shape index (κ2) is 8.12. The molecule has 9 nitrogen and oxygen atoms in total. The minimum absolute atomic E-state index is 0.172. The van der Waals surface area contributed by atoms with Gasteiger partial charge in [0.2, 0.25) is 6.41 Å². The van der Waals surface area contributed by atoms with Gasteiger partial charge >= 0.3 is 0 Å². The van der Waals surface area contributed by atoms with Crippen LogP contribution in [0.25, 0.3) is 28.3 Å². The summed E-state index contributed by atoms with van der Waals surface area (Å²) in [6, 6.07) is 13.6. The Morgan fingerprint density at radius 2 is 1.89 bits per heavy atom. The number of hydrogen-bond acceptors (Lipinski definition) is 5. The maximum atomic E-state index is 12.1. The van der Waals surface area contributed by atoms with E-state index in [0.717, 1.165) is 16.8 Å². The Morgan fingerprint density at radius 3 is 2.57 bits per heavy atom. The lowest BCUT2D eigenvalue weighted by Gasteiger charge is -2.06. The number of pyridine rings is 1. The van der Waals surface area contributed by atoms with Crippen LogP contribution in [0.4, 0.5) is 0 Å². The number of carbonyl (C=O) groups is 2. The summed E-state index contributed by atoms with van der Waals surface area (Å²) in [5, 5.41) is 11.4. The van der Waals surface area contributed by atoms with Gasteiger partial charge in [0, 0.05) is 31.4 Å². The molecule has 0 radical (unpaired) electrons. The molecular weight excluding hydrogens is 358 g/mol. The molecule has 0 saturated carbocycles. The second-order valence-electron chi connectivity index (χ2n) is 5.77. The zero-order valence-electron chi connectivity index (χ0n) is 15.4. The van der Waals surface area contributed by atoms with Crippen LogP contribution in [0.2, 0.25) is 0 Å². The number of fused-ring (bicyclic) bond motifs is 1. The van der Waals surface area contributed by atoms with Crippen LogP contribution in [-0.4, -0.2) is 43.7 Å². The molecule has 1 aromatic carbocycles. The monoisotopic (exact) mass is 377 g/mol. The maximum absolute atomic E-state index is 12.1. The molecule has 3 N–H and O–H groups in total. The fraction of sp³-hybridized carbons (Fsp3) is 0.105. The number of carbonyl (C=O) groups excluding carboxylic acids is 2. The van der Waals surface area contributed by atoms with Crippen molar-refractivity contribution in [2.75, 3.05) is 7.05 Å². The summed E-state index contributed by atoms with van der Waals surface area (Å²) < 4.78 is 3.41. The molecule has 0 bridgehead atoms. The quantitative estimate of drug-likeness (QED) is 0.521. The van der Waals surface area contributed by atoms with E-state index >= 15 is 0 Å². The van der Waals surface area contributed by atoms with Gasteiger partial charge in [-0.1, -0.05) is 30.3 Å². The second-order valence-corrected chi connectivity index (χ2v) is 5.77. The molecule has 2 amide bonds. The van der Waals surface area contributed by atoms with E-state index in [0.29, 0.717) is 17.0 Å². The topological polar surface area (TPSA) is 120 Å². The van der Waals surface area contributed by atoms with Crippen molar-refractivity contribution < 1.29 is 9.59 Å². The van der Waals surface area contributed by atoms with E-state index in [1.54, 1.807) is 22.4 Å². The molecule has 0 aliphatic rings. The van der Waals surface area contributed by atoms with Crippen molar-refractivity contribution >= 4 is 18.0 Å². The van der Waals surface area contributed by atoms with Gasteiger partial charge in [-0.2, -0.15) is 5.10 Å². The minimum Gasteiger partial charge on any atom is -0.372 e. The van der Waals surface area contributed by atoms with E-state index in [9.17, 15) is 4.79 Å². The highest BCUT2D eigenvalue weighted by molar-refractivity contribution is 5.99. The van der Waals surface area contributed by atoms with E-state index < -0.39 is 0 Å². The number of benzene rings is 1. The number of aryl methyl sites for hydroxylation is 1. The van der Waals surface area contributed by atoms with E-state index in [1.165, 1.54) is 0 Å². The summed E-state index contributed by atoms with van der Waals surface area (Å²) in [7, 11) is 3.41. The van der Waals surface area contributed by atoms with Crippen LogP contribution in [0.1, 0.15) is 10.4 Å². The third-order valence-corrected chi connectivity index (χ3v) is 4.05. The van der Waals surface area contributed by atoms with Crippen LogP contribution in [0, 0.1) is 0 Å². The Labute approximate surface area is 160 Å². The van der Waals surface area contributed by atoms with E-state index in [1.807, 2.05) is 55.7 Å². The Balaban J connectivity index is 0.000000706. The average Bonchev–Trinajstić information content (AvgIpc) is 3.31. The number of hydrogen-bond donors (Lipinski definition) is 2. The Bertz CT molecular complexity index is 1120. The Morgan fingerprint density at radius 1 is 1.18 bits per heavy atom. The molecule has 142 valence electrons. The summed E-state index contributed by atoms with van der Waals surface area (Å²) in [4.78, 5) is 25.3. The molecule has 0 aliphatic carbocycles. The maximum Gasteiger partial charge on any atom is 0.254 e. The summed E-state index contributed by atoms with van der Waals surface area (Å²) in [5.41, 5.74) is 7.96. The van der Waals surface area contributed by atoms with Gasteiger partial charge in [0.15, 0.2) is 11.5 Å². The van der Waals surface area contributed by atoms with Crippen molar-refractivity contribution in [3.05, 3.63) is 60.4 Å². The SMILES string of the molecule is CNC(=O)c1cnn(C)c1-c1ccn2nc(-c3ccccc3)nc2c1.NC=O. The molecule has 0 saturated heterocycles. The molecule has 3 heterocycles. The highest BCUT2D eigenvalue weighted by Crippen LogP contribution is 2.25. The lowest BCUT2D eigenvalue weighted by Crippen LogP contribution is -2.18. The molecule has 9 heteroatoms. The first-order chi connectivity index (χ1) is 13.6. The number of nitrogens with one attached hydrogen (secondary N) is 1. The van der Waals surface area contributed by atoms with Crippen LogP contribution >= 0.6 is 0 Å². The molecule has 0 fully saturated rings. The van der Waals surface area contributed by atoms with Crippen LogP contribution in [-0.2, 0) is 11.8 Å². The highest BCUT2D eigenvalue weighted by Gasteiger charge is 2.17. The van der Waals surface area contributed by atoms with Crippen molar-refractivity contribution in [3.8, 4) is 22.6 Å². The van der Waals surface area contributed by atoms with Gasteiger partial charge in [0.05, 0.1) is 17.5 Å². The van der Waals surface area contributed by atoms with Crippen molar-refractivity contribution in [2.45, 2.75) is 0 Å². The predicted octanol–water partition coefficient (Wildman–Crippen LogP) is 1.26. The summed E-state index contributed by atoms with van der Waals surface area (Å²) in [6.07, 6.45) is 3.66. The number of nitrogens with two attached hydrogens (primary N) is 1. The number of amides is 2. The molecule has 0 spiro atoms. The van der Waals surface area contributed by atoms with Crippen molar-refractivity contribution in [1.29, 1.82) is 0 Å². The first kappa shape index (κ1) is 18.8. The third kappa shape index (κ3) is 3.58. The van der Waals surface area contributed by atoms with Gasteiger partial charge < -0.3 is 11.1 Å². The normalized spacial score (nSPS) is 10.2. The fourth-order valence-corrected chi connectivity index (χ4v) is 2.82. The minimum atomic E-state index is -0.172. The first-order valence-electron chi connectivity index (χ1n) is 8.40. The number of rotatable bonds is 3. The predicted molar refractivity (Wildman–Crippen MR) is 104 cm³/mol. The lowest BCUT2D eigenvalue weighted by molar-refractivity contribution is -0.106. The number of nitrogens with zero attached hydrogens (tertiary/aromatic N) is 5. The van der Waals surface area contributed by atoms with Gasteiger partial charge in [-0.25, -0.2) is 9.50 Å². The Hall–Kier alpha value is -4.01. The van der Waals surface area contributed by atoms with Crippen molar-refractivity contribution in [3.63, 3.8) is 0 Å². The van der Waals surface area contributed by atoms with E-state index in [4.69, 9.17) is 4.79 Å². The lowest BCUT2D eigenvalue weighted by atomic mass is 10.1. The van der Waals surface area contributed by atoms with E-state index in [2.05, 4.69) is 26.2 Å². The fourth-order valence-electron chi connectivity index (χ4n) is 2.82. The molecule has 28 heavy (non-hydrogen) atoms. The molecule has 0 unspecified atom stereocenters. The van der Waals surface area contributed by atoms with Crippen molar-refractivity contribution in [1.82, 2.24) is 29.7 Å². The molecule has 4 rings (SSSR count). The molecule has 0 atom stereocenters. The third-order valence-electron chi connectivity index (χ3n) is 4.05. The average molecular weight is 377 g/mol. The molecule has 4 aromatic rings. The van der Waals surface area contributed by atoms with Crippen LogP contribution in [0.5, 0.6) is 0 Å². The van der Waals surface area contributed by atoms with Crippen LogP contribution in [0.15, 0.2) is 54.9 Å². The van der Waals surface area contributed by atoms with E-state index in [-0.39, 0.29) is 12.3 Å². The number of aromatic nitrogens is 5. The van der Waals surface area contributed by atoms with Gasteiger partial charge in [0.25, 0.3) is 5.91 Å². The van der Waals surface area contributed by atoms with Crippen LogP contribution in [0.3, 0.4) is 0 Å². The Kier molecular flexibility index (Phi) is 5.45.